The molecule has 0 saturated heterocycles. The monoisotopic (exact) mass is 216 g/mol. The lowest BCUT2D eigenvalue weighted by Crippen LogP contribution is -2.27. The largest absolute Gasteiger partial charge is 0.465 e. The van der Waals surface area contributed by atoms with Crippen molar-refractivity contribution in [3.8, 4) is 0 Å². The van der Waals surface area contributed by atoms with Crippen molar-refractivity contribution in [2.24, 2.45) is 0 Å². The summed E-state index contributed by atoms with van der Waals surface area (Å²) in [6, 6.07) is 0. The highest BCUT2D eigenvalue weighted by molar-refractivity contribution is 5.64. The van der Waals surface area contributed by atoms with Gasteiger partial charge < -0.3 is 10.4 Å². The third-order valence-electron chi connectivity index (χ3n) is 1.85. The molecule has 8 heteroatoms. The highest BCUT2D eigenvalue weighted by Gasteiger charge is 2.01. The molecule has 0 aromatic carbocycles. The van der Waals surface area contributed by atoms with Gasteiger partial charge in [-0.2, -0.15) is 0 Å². The number of amides is 1. The first-order chi connectivity index (χ1) is 7.11. The van der Waals surface area contributed by atoms with Gasteiger partial charge in [0.1, 0.15) is 0 Å². The summed E-state index contributed by atoms with van der Waals surface area (Å²) in [5.41, 5.74) is -0.961. The number of aromatic nitrogens is 3. The lowest BCUT2D eigenvalue weighted by Gasteiger charge is -2.00. The van der Waals surface area contributed by atoms with Crippen molar-refractivity contribution in [3.63, 3.8) is 0 Å². The number of unbranched alkanes of at least 4 members (excludes halogenated alkanes) is 1. The Bertz CT molecular complexity index is 401. The Labute approximate surface area is 83.9 Å². The number of H-pyrrole nitrogens is 2. The lowest BCUT2D eigenvalue weighted by molar-refractivity contribution is 0.194. The van der Waals surface area contributed by atoms with Gasteiger partial charge in [0.25, 0.3) is 0 Å². The molecule has 0 atom stereocenters. The van der Waals surface area contributed by atoms with Gasteiger partial charge in [-0.1, -0.05) is 0 Å². The second-order valence-corrected chi connectivity index (χ2v) is 2.95. The van der Waals surface area contributed by atoms with E-state index in [1.807, 2.05) is 0 Å². The molecule has 84 valence electrons. The Morgan fingerprint density at radius 1 is 1.27 bits per heavy atom. The standard InChI is InChI=1S/C7H12N4O4/c12-5-9-10-6(13)11(5)4-2-1-3-8-7(14)15/h8H,1-4H2,(H,9,12)(H,10,13)(H,14,15). The molecule has 0 aliphatic carbocycles. The summed E-state index contributed by atoms with van der Waals surface area (Å²) in [5, 5.41) is 14.8. The van der Waals surface area contributed by atoms with E-state index in [2.05, 4.69) is 15.5 Å². The van der Waals surface area contributed by atoms with E-state index in [4.69, 9.17) is 5.11 Å². The van der Waals surface area contributed by atoms with E-state index >= 15 is 0 Å². The Kier molecular flexibility index (Phi) is 3.72. The van der Waals surface area contributed by atoms with E-state index in [-0.39, 0.29) is 6.54 Å². The number of aromatic amines is 2. The number of hydrogen-bond acceptors (Lipinski definition) is 3. The van der Waals surface area contributed by atoms with E-state index in [1.54, 1.807) is 0 Å². The molecule has 1 heterocycles. The van der Waals surface area contributed by atoms with Crippen molar-refractivity contribution in [2.45, 2.75) is 19.4 Å². The molecule has 0 saturated carbocycles. The summed E-state index contributed by atoms with van der Waals surface area (Å²) in [6.07, 6.45) is 0.0523. The Balaban J connectivity index is 2.29. The first-order valence-corrected chi connectivity index (χ1v) is 4.45. The molecule has 0 spiro atoms. The minimum Gasteiger partial charge on any atom is -0.465 e. The van der Waals surface area contributed by atoms with Gasteiger partial charge in [-0.3, -0.25) is 0 Å². The van der Waals surface area contributed by atoms with Gasteiger partial charge in [0, 0.05) is 13.1 Å². The van der Waals surface area contributed by atoms with Crippen LogP contribution in [0.1, 0.15) is 12.8 Å². The fourth-order valence-electron chi connectivity index (χ4n) is 1.13. The molecule has 8 nitrogen and oxygen atoms in total. The third kappa shape index (κ3) is 3.33. The van der Waals surface area contributed by atoms with E-state index in [0.29, 0.717) is 19.4 Å². The van der Waals surface area contributed by atoms with Crippen LogP contribution in [0.25, 0.3) is 0 Å². The maximum atomic E-state index is 11.0. The van der Waals surface area contributed by atoms with Crippen LogP contribution in [0.3, 0.4) is 0 Å². The average molecular weight is 216 g/mol. The van der Waals surface area contributed by atoms with Crippen molar-refractivity contribution in [1.29, 1.82) is 0 Å². The molecule has 1 aromatic heterocycles. The molecule has 1 rings (SSSR count). The second kappa shape index (κ2) is 5.03. The van der Waals surface area contributed by atoms with Crippen LogP contribution in [-0.2, 0) is 6.54 Å². The maximum Gasteiger partial charge on any atom is 0.404 e. The smallest absolute Gasteiger partial charge is 0.404 e. The van der Waals surface area contributed by atoms with E-state index in [0.717, 1.165) is 4.57 Å². The van der Waals surface area contributed by atoms with Crippen LogP contribution >= 0.6 is 0 Å². The van der Waals surface area contributed by atoms with E-state index in [1.165, 1.54) is 0 Å². The fourth-order valence-corrected chi connectivity index (χ4v) is 1.13. The van der Waals surface area contributed by atoms with Gasteiger partial charge in [0.15, 0.2) is 0 Å². The summed E-state index contributed by atoms with van der Waals surface area (Å²) in [4.78, 5) is 32.0. The van der Waals surface area contributed by atoms with Crippen molar-refractivity contribution >= 4 is 6.09 Å². The highest BCUT2D eigenvalue weighted by Crippen LogP contribution is 1.88. The molecular weight excluding hydrogens is 204 g/mol. The molecule has 15 heavy (non-hydrogen) atoms. The maximum absolute atomic E-state index is 11.0. The van der Waals surface area contributed by atoms with E-state index < -0.39 is 17.5 Å². The van der Waals surface area contributed by atoms with Crippen LogP contribution in [0.2, 0.25) is 0 Å². The molecule has 0 unspecified atom stereocenters. The minimum absolute atomic E-state index is 0.277. The summed E-state index contributed by atoms with van der Waals surface area (Å²) < 4.78 is 1.03. The molecule has 1 amide bonds. The summed E-state index contributed by atoms with van der Waals surface area (Å²) in [5.74, 6) is 0. The molecule has 0 bridgehead atoms. The number of rotatable bonds is 5. The van der Waals surface area contributed by atoms with Gasteiger partial charge in [0.2, 0.25) is 0 Å². The molecule has 0 radical (unpaired) electrons. The number of nitrogens with zero attached hydrogens (tertiary/aromatic N) is 1. The van der Waals surface area contributed by atoms with E-state index in [9.17, 15) is 14.4 Å². The second-order valence-electron chi connectivity index (χ2n) is 2.95. The normalized spacial score (nSPS) is 10.1. The van der Waals surface area contributed by atoms with Crippen LogP contribution in [0.5, 0.6) is 0 Å². The van der Waals surface area contributed by atoms with Gasteiger partial charge in [-0.05, 0) is 12.8 Å². The Morgan fingerprint density at radius 2 is 1.87 bits per heavy atom. The average Bonchev–Trinajstić information content (AvgIpc) is 2.47. The number of carboxylic acid groups (broad SMARTS) is 1. The zero-order valence-corrected chi connectivity index (χ0v) is 7.95. The van der Waals surface area contributed by atoms with Crippen molar-refractivity contribution in [3.05, 3.63) is 21.0 Å². The molecular formula is C7H12N4O4. The SMILES string of the molecule is O=C(O)NCCCCn1c(=O)[nH][nH]c1=O. The van der Waals surface area contributed by atoms with Crippen molar-refractivity contribution in [2.75, 3.05) is 6.54 Å². The zero-order chi connectivity index (χ0) is 11.3. The number of hydrogen-bond donors (Lipinski definition) is 4. The van der Waals surface area contributed by atoms with Crippen LogP contribution < -0.4 is 16.7 Å². The summed E-state index contributed by atoms with van der Waals surface area (Å²) >= 11 is 0. The predicted octanol–water partition coefficient (Wildman–Crippen LogP) is -1.09. The van der Waals surface area contributed by atoms with Gasteiger partial charge in [-0.15, -0.1) is 0 Å². The van der Waals surface area contributed by atoms with Gasteiger partial charge in [0.05, 0.1) is 0 Å². The van der Waals surface area contributed by atoms with Gasteiger partial charge in [-0.25, -0.2) is 29.1 Å². The molecule has 4 N–H and O–H groups in total. The summed E-state index contributed by atoms with van der Waals surface area (Å²) in [6.45, 7) is 0.589. The minimum atomic E-state index is -1.08. The Morgan fingerprint density at radius 3 is 2.40 bits per heavy atom. The highest BCUT2D eigenvalue weighted by atomic mass is 16.4. The van der Waals surface area contributed by atoms with Crippen LogP contribution in [0.15, 0.2) is 9.59 Å². The predicted molar refractivity (Wildman–Crippen MR) is 50.9 cm³/mol. The topological polar surface area (TPSA) is 120 Å². The first-order valence-electron chi connectivity index (χ1n) is 4.45. The Hall–Kier alpha value is -1.99. The first kappa shape index (κ1) is 11.1. The molecule has 0 fully saturated rings. The number of carbonyl (C=O) groups is 1. The molecule has 0 aliphatic rings. The van der Waals surface area contributed by atoms with Crippen molar-refractivity contribution < 1.29 is 9.90 Å². The van der Waals surface area contributed by atoms with Gasteiger partial charge >= 0.3 is 17.5 Å². The van der Waals surface area contributed by atoms with Crippen LogP contribution in [0.4, 0.5) is 4.79 Å². The van der Waals surface area contributed by atoms with Crippen molar-refractivity contribution in [1.82, 2.24) is 20.1 Å². The number of nitrogens with one attached hydrogen (secondary N) is 3. The molecule has 0 aliphatic heterocycles. The fraction of sp³-hybridized carbons (Fsp3) is 0.571. The lowest BCUT2D eigenvalue weighted by atomic mass is 10.3. The van der Waals surface area contributed by atoms with Crippen LogP contribution in [-0.4, -0.2) is 32.5 Å². The molecule has 1 aromatic rings. The summed E-state index contributed by atoms with van der Waals surface area (Å²) in [7, 11) is 0. The zero-order valence-electron chi connectivity index (χ0n) is 7.95. The van der Waals surface area contributed by atoms with Crippen LogP contribution in [0, 0.1) is 0 Å². The quantitative estimate of drug-likeness (QED) is 0.467. The third-order valence-corrected chi connectivity index (χ3v) is 1.85.